The number of aromatic nitrogens is 1. The molecule has 0 saturated heterocycles. The fourth-order valence-corrected chi connectivity index (χ4v) is 4.02. The maximum Gasteiger partial charge on any atom is 0.121 e. The summed E-state index contributed by atoms with van der Waals surface area (Å²) in [6, 6.07) is 11.0. The van der Waals surface area contributed by atoms with Crippen LogP contribution in [0.4, 0.5) is 0 Å². The van der Waals surface area contributed by atoms with Crippen molar-refractivity contribution in [3.05, 3.63) is 58.8 Å². The molecular formula is C23H28N2O4. The molecule has 3 aromatic rings. The van der Waals surface area contributed by atoms with Gasteiger partial charge >= 0.3 is 0 Å². The Hall–Kier alpha value is -2.54. The summed E-state index contributed by atoms with van der Waals surface area (Å²) in [4.78, 5) is 3.54. The van der Waals surface area contributed by atoms with E-state index in [9.17, 15) is 15.3 Å². The number of aromatic amines is 1. The van der Waals surface area contributed by atoms with Gasteiger partial charge in [-0.2, -0.15) is 0 Å². The van der Waals surface area contributed by atoms with Crippen LogP contribution in [0.1, 0.15) is 41.3 Å². The highest BCUT2D eigenvalue weighted by atomic mass is 16.5. The Morgan fingerprint density at radius 2 is 1.97 bits per heavy atom. The Kier molecular flexibility index (Phi) is 6.04. The molecule has 154 valence electrons. The number of fused-ring (bicyclic) bond motifs is 3. The summed E-state index contributed by atoms with van der Waals surface area (Å²) in [6.45, 7) is 1.20. The second-order valence-corrected chi connectivity index (χ2v) is 7.61. The molecule has 4 rings (SSSR count). The Balaban J connectivity index is 1.26. The molecule has 0 bridgehead atoms. The van der Waals surface area contributed by atoms with Gasteiger partial charge in [0.1, 0.15) is 18.1 Å². The molecule has 5 N–H and O–H groups in total. The van der Waals surface area contributed by atoms with Crippen LogP contribution in [0.15, 0.2) is 36.4 Å². The first-order valence-electron chi connectivity index (χ1n) is 10.2. The highest BCUT2D eigenvalue weighted by molar-refractivity contribution is 5.86. The number of aliphatic hydroxyl groups excluding tert-OH is 2. The van der Waals surface area contributed by atoms with Gasteiger partial charge in [0.05, 0.1) is 12.7 Å². The van der Waals surface area contributed by atoms with E-state index in [0.29, 0.717) is 30.8 Å². The van der Waals surface area contributed by atoms with Crippen LogP contribution >= 0.6 is 0 Å². The van der Waals surface area contributed by atoms with Gasteiger partial charge in [0.2, 0.25) is 0 Å². The summed E-state index contributed by atoms with van der Waals surface area (Å²) in [5.74, 6) is 0.870. The van der Waals surface area contributed by atoms with E-state index in [1.807, 2.05) is 6.07 Å². The Morgan fingerprint density at radius 3 is 2.83 bits per heavy atom. The van der Waals surface area contributed by atoms with Crippen molar-refractivity contribution < 1.29 is 20.1 Å². The van der Waals surface area contributed by atoms with Crippen LogP contribution in [-0.2, 0) is 19.4 Å². The lowest BCUT2D eigenvalue weighted by Gasteiger charge is -2.14. The Labute approximate surface area is 170 Å². The van der Waals surface area contributed by atoms with Crippen molar-refractivity contribution in [2.24, 2.45) is 0 Å². The van der Waals surface area contributed by atoms with Gasteiger partial charge in [-0.05, 0) is 61.1 Å². The van der Waals surface area contributed by atoms with Crippen LogP contribution in [0.25, 0.3) is 10.9 Å². The van der Waals surface area contributed by atoms with Crippen molar-refractivity contribution in [3.63, 3.8) is 0 Å². The average Bonchev–Trinajstić information content (AvgIpc) is 3.11. The van der Waals surface area contributed by atoms with E-state index in [2.05, 4.69) is 22.4 Å². The van der Waals surface area contributed by atoms with E-state index in [1.165, 1.54) is 35.6 Å². The van der Waals surface area contributed by atoms with Gasteiger partial charge in [0.25, 0.3) is 0 Å². The quantitative estimate of drug-likeness (QED) is 0.377. The highest BCUT2D eigenvalue weighted by Gasteiger charge is 2.15. The first-order valence-corrected chi connectivity index (χ1v) is 10.2. The maximum absolute atomic E-state index is 10.3. The van der Waals surface area contributed by atoms with Crippen LogP contribution < -0.4 is 10.1 Å². The van der Waals surface area contributed by atoms with Crippen molar-refractivity contribution in [3.8, 4) is 11.5 Å². The van der Waals surface area contributed by atoms with Crippen LogP contribution in [-0.4, -0.2) is 40.0 Å². The zero-order chi connectivity index (χ0) is 20.2. The van der Waals surface area contributed by atoms with Gasteiger partial charge in [-0.3, -0.25) is 0 Å². The van der Waals surface area contributed by atoms with Gasteiger partial charge in [-0.15, -0.1) is 0 Å². The third-order valence-electron chi connectivity index (χ3n) is 5.61. The van der Waals surface area contributed by atoms with Gasteiger partial charge < -0.3 is 30.4 Å². The summed E-state index contributed by atoms with van der Waals surface area (Å²) in [5, 5.41) is 33.6. The molecule has 0 aliphatic heterocycles. The van der Waals surface area contributed by atoms with E-state index in [1.54, 1.807) is 12.1 Å². The minimum atomic E-state index is -0.720. The van der Waals surface area contributed by atoms with Crippen molar-refractivity contribution in [1.82, 2.24) is 10.3 Å². The molecule has 0 spiro atoms. The number of hydrogen-bond donors (Lipinski definition) is 5. The van der Waals surface area contributed by atoms with Crippen LogP contribution in [0, 0.1) is 0 Å². The number of benzene rings is 2. The van der Waals surface area contributed by atoms with E-state index >= 15 is 0 Å². The number of ether oxygens (including phenoxy) is 1. The second-order valence-electron chi connectivity index (χ2n) is 7.61. The summed E-state index contributed by atoms with van der Waals surface area (Å²) < 4.78 is 5.86. The van der Waals surface area contributed by atoms with Gasteiger partial charge in [-0.25, -0.2) is 0 Å². The van der Waals surface area contributed by atoms with E-state index in [4.69, 9.17) is 4.74 Å². The number of phenols is 1. The van der Waals surface area contributed by atoms with Crippen LogP contribution in [0.2, 0.25) is 0 Å². The van der Waals surface area contributed by atoms with Crippen LogP contribution in [0.3, 0.4) is 0 Å². The molecule has 0 fully saturated rings. The lowest BCUT2D eigenvalue weighted by molar-refractivity contribution is 0.171. The molecule has 1 unspecified atom stereocenters. The third-order valence-corrected chi connectivity index (χ3v) is 5.61. The van der Waals surface area contributed by atoms with Crippen molar-refractivity contribution in [2.45, 2.75) is 38.4 Å². The number of rotatable bonds is 8. The molecule has 1 aliphatic carbocycles. The van der Waals surface area contributed by atoms with Crippen molar-refractivity contribution in [2.75, 3.05) is 19.7 Å². The standard InChI is InChI=1S/C23H28N2O4/c26-14-16-11-15(5-8-22(16)27)23(28)13-24-9-10-29-17-6-7-19-18-3-1-2-4-20(18)25-21(19)12-17/h5-8,11-12,23-28H,1-4,9-10,13-14H2. The number of aromatic hydroxyl groups is 1. The molecule has 6 heteroatoms. The molecule has 1 aromatic heterocycles. The molecule has 6 nitrogen and oxygen atoms in total. The number of aliphatic hydroxyl groups is 2. The molecule has 0 saturated carbocycles. The van der Waals surface area contributed by atoms with E-state index in [0.717, 1.165) is 24.1 Å². The van der Waals surface area contributed by atoms with Crippen LogP contribution in [0.5, 0.6) is 11.5 Å². The predicted molar refractivity (Wildman–Crippen MR) is 112 cm³/mol. The third kappa shape index (κ3) is 4.40. The van der Waals surface area contributed by atoms with Gasteiger partial charge in [-0.1, -0.05) is 6.07 Å². The number of H-pyrrole nitrogens is 1. The molecule has 1 atom stereocenters. The maximum atomic E-state index is 10.3. The normalized spacial score (nSPS) is 14.7. The molecule has 29 heavy (non-hydrogen) atoms. The highest BCUT2D eigenvalue weighted by Crippen LogP contribution is 2.31. The lowest BCUT2D eigenvalue weighted by atomic mass is 9.96. The van der Waals surface area contributed by atoms with E-state index in [-0.39, 0.29) is 12.4 Å². The largest absolute Gasteiger partial charge is 0.508 e. The van der Waals surface area contributed by atoms with Crippen molar-refractivity contribution >= 4 is 10.9 Å². The minimum absolute atomic E-state index is 0.0321. The van der Waals surface area contributed by atoms with Crippen molar-refractivity contribution in [1.29, 1.82) is 0 Å². The number of hydrogen-bond acceptors (Lipinski definition) is 5. The first kappa shape index (κ1) is 19.8. The number of nitrogens with one attached hydrogen (secondary N) is 2. The SMILES string of the molecule is OCc1cc(C(O)CNCCOc2ccc3c4c([nH]c3c2)CCCC4)ccc1O. The average molecular weight is 396 g/mol. The summed E-state index contributed by atoms with van der Waals surface area (Å²) in [6.07, 6.45) is 4.09. The van der Waals surface area contributed by atoms with E-state index < -0.39 is 6.10 Å². The zero-order valence-electron chi connectivity index (χ0n) is 16.4. The topological polar surface area (TPSA) is 97.7 Å². The molecule has 0 amide bonds. The summed E-state index contributed by atoms with van der Waals surface area (Å²) in [7, 11) is 0. The smallest absolute Gasteiger partial charge is 0.121 e. The number of aryl methyl sites for hydroxylation is 2. The molecular weight excluding hydrogens is 368 g/mol. The fourth-order valence-electron chi connectivity index (χ4n) is 4.02. The Morgan fingerprint density at radius 1 is 1.10 bits per heavy atom. The second kappa shape index (κ2) is 8.86. The predicted octanol–water partition coefficient (Wildman–Crippen LogP) is 2.95. The zero-order valence-corrected chi connectivity index (χ0v) is 16.4. The van der Waals surface area contributed by atoms with Gasteiger partial charge in [0, 0.05) is 41.3 Å². The monoisotopic (exact) mass is 396 g/mol. The molecule has 0 radical (unpaired) electrons. The molecule has 1 aliphatic rings. The summed E-state index contributed by atoms with van der Waals surface area (Å²) in [5.41, 5.74) is 5.04. The fraction of sp³-hybridized carbons (Fsp3) is 0.391. The molecule has 2 aromatic carbocycles. The molecule has 1 heterocycles. The lowest BCUT2D eigenvalue weighted by Crippen LogP contribution is -2.26. The van der Waals surface area contributed by atoms with Gasteiger partial charge in [0.15, 0.2) is 0 Å². The minimum Gasteiger partial charge on any atom is -0.508 e. The summed E-state index contributed by atoms with van der Waals surface area (Å²) >= 11 is 0. The first-order chi connectivity index (χ1) is 14.2. The Bertz CT molecular complexity index is 982.